The quantitative estimate of drug-likeness (QED) is 0.371. The maximum atomic E-state index is 14.3. The molecule has 1 amide bonds. The van der Waals surface area contributed by atoms with Crippen LogP contribution in [0.3, 0.4) is 0 Å². The summed E-state index contributed by atoms with van der Waals surface area (Å²) in [7, 11) is 1.57. The molecule has 2 N–H and O–H groups in total. The minimum Gasteiger partial charge on any atom is -0.611 e. The maximum Gasteiger partial charge on any atom is 0.357 e. The summed E-state index contributed by atoms with van der Waals surface area (Å²) in [6.07, 6.45) is -0.304. The van der Waals surface area contributed by atoms with Gasteiger partial charge in [0.25, 0.3) is 5.91 Å². The summed E-state index contributed by atoms with van der Waals surface area (Å²) in [5.41, 5.74) is 1.12. The van der Waals surface area contributed by atoms with Crippen LogP contribution >= 0.6 is 0 Å². The predicted octanol–water partition coefficient (Wildman–Crippen LogP) is 3.29. The van der Waals surface area contributed by atoms with E-state index in [1.54, 1.807) is 45.2 Å². The van der Waals surface area contributed by atoms with Crippen molar-refractivity contribution in [1.82, 2.24) is 9.88 Å². The molecule has 2 aromatic carbocycles. The molecule has 0 bridgehead atoms. The lowest BCUT2D eigenvalue weighted by molar-refractivity contribution is -0.144. The number of fused-ring (bicyclic) bond motifs is 1. The normalized spacial score (nSPS) is 13.2. The molecule has 0 aliphatic carbocycles. The average molecular weight is 493 g/mol. The molecule has 0 radical (unpaired) electrons. The number of aryl methyl sites for hydroxylation is 2. The van der Waals surface area contributed by atoms with E-state index in [-0.39, 0.29) is 28.5 Å². The zero-order valence-electron chi connectivity index (χ0n) is 19.2. The molecule has 2 atom stereocenters. The van der Waals surface area contributed by atoms with Crippen molar-refractivity contribution in [3.63, 3.8) is 0 Å². The molecule has 0 saturated carbocycles. The number of benzene rings is 2. The first-order valence-electron chi connectivity index (χ1n) is 10.6. The molecule has 1 unspecified atom stereocenters. The van der Waals surface area contributed by atoms with Crippen molar-refractivity contribution < 1.29 is 32.8 Å². The Morgan fingerprint density at radius 3 is 2.41 bits per heavy atom. The van der Waals surface area contributed by atoms with E-state index in [0.29, 0.717) is 16.0 Å². The maximum absolute atomic E-state index is 14.3. The number of halogens is 2. The Kier molecular flexibility index (Phi) is 7.96. The summed E-state index contributed by atoms with van der Waals surface area (Å²) < 4.78 is 47.1. The Balaban J connectivity index is 1.76. The second kappa shape index (κ2) is 10.5. The third-order valence-electron chi connectivity index (χ3n) is 5.29. The Labute approximate surface area is 198 Å². The zero-order valence-corrected chi connectivity index (χ0v) is 20.0. The Morgan fingerprint density at radius 1 is 1.18 bits per heavy atom. The highest BCUT2D eigenvalue weighted by atomic mass is 32.2. The molecule has 34 heavy (non-hydrogen) atoms. The lowest BCUT2D eigenvalue weighted by Crippen LogP contribution is -2.32. The van der Waals surface area contributed by atoms with Crippen molar-refractivity contribution in [3.05, 3.63) is 64.9 Å². The van der Waals surface area contributed by atoms with Crippen LogP contribution in [0.2, 0.25) is 0 Å². The first-order chi connectivity index (χ1) is 16.0. The van der Waals surface area contributed by atoms with Crippen molar-refractivity contribution in [2.45, 2.75) is 37.8 Å². The van der Waals surface area contributed by atoms with E-state index in [2.05, 4.69) is 5.32 Å². The number of rotatable bonds is 8. The summed E-state index contributed by atoms with van der Waals surface area (Å²) in [6.45, 7) is 4.41. The predicted molar refractivity (Wildman–Crippen MR) is 124 cm³/mol. The highest BCUT2D eigenvalue weighted by Crippen LogP contribution is 2.27. The fourth-order valence-corrected chi connectivity index (χ4v) is 4.44. The van der Waals surface area contributed by atoms with Gasteiger partial charge < -0.3 is 24.3 Å². The molecule has 0 aliphatic rings. The molecule has 0 fully saturated rings. The number of aliphatic hydroxyl groups excluding tert-OH is 1. The van der Waals surface area contributed by atoms with Gasteiger partial charge in [0.1, 0.15) is 5.69 Å². The second-order valence-electron chi connectivity index (χ2n) is 8.15. The summed E-state index contributed by atoms with van der Waals surface area (Å²) in [4.78, 5) is 25.0. The summed E-state index contributed by atoms with van der Waals surface area (Å²) in [5, 5.41) is 12.5. The second-order valence-corrected chi connectivity index (χ2v) is 9.60. The molecule has 1 heterocycles. The van der Waals surface area contributed by atoms with E-state index in [1.807, 2.05) is 0 Å². The first kappa shape index (κ1) is 25.7. The van der Waals surface area contributed by atoms with Crippen LogP contribution in [0.4, 0.5) is 8.78 Å². The summed E-state index contributed by atoms with van der Waals surface area (Å²) in [6, 6.07) is 8.18. The van der Waals surface area contributed by atoms with Gasteiger partial charge in [0, 0.05) is 12.4 Å². The third kappa shape index (κ3) is 5.40. The molecule has 10 heteroatoms. The van der Waals surface area contributed by atoms with Crippen molar-refractivity contribution in [2.75, 3.05) is 12.4 Å². The molecule has 7 nitrogen and oxygen atoms in total. The largest absolute Gasteiger partial charge is 0.611 e. The highest BCUT2D eigenvalue weighted by Gasteiger charge is 2.23. The van der Waals surface area contributed by atoms with E-state index in [9.17, 15) is 28.0 Å². The molecular weight excluding hydrogens is 466 g/mol. The summed E-state index contributed by atoms with van der Waals surface area (Å²) in [5.74, 6) is -3.42. The van der Waals surface area contributed by atoms with Crippen LogP contribution in [0.15, 0.2) is 41.3 Å². The fraction of sp³-hybridized carbons (Fsp3) is 0.333. The van der Waals surface area contributed by atoms with Crippen LogP contribution in [0, 0.1) is 18.6 Å². The van der Waals surface area contributed by atoms with Crippen LogP contribution < -0.4 is 5.32 Å². The Hall–Kier alpha value is -2.95. The van der Waals surface area contributed by atoms with Gasteiger partial charge in [0.05, 0.1) is 24.3 Å². The van der Waals surface area contributed by atoms with Gasteiger partial charge in [0.15, 0.2) is 16.5 Å². The molecule has 0 aliphatic heterocycles. The minimum atomic E-state index is -1.61. The number of nitrogens with one attached hydrogen (secondary N) is 1. The topological polar surface area (TPSA) is 104 Å². The standard InChI is InChI=1S/C24H26F2N2O5S/c1-13(2)33-21(30)12-34(32)16-7-5-15(6-8-16)18(11-29)27-24(31)20-10-17-19(28(20)4)9-14(3)22(25)23(17)26/h5-10,13,18,29H,11-12H2,1-4H3,(H,27,31)/t18?,34-/m0/s1. The van der Waals surface area contributed by atoms with Gasteiger partial charge in [-0.15, -0.1) is 0 Å². The number of carbonyl (C=O) groups excluding carboxylic acids is 2. The highest BCUT2D eigenvalue weighted by molar-refractivity contribution is 7.92. The van der Waals surface area contributed by atoms with E-state index >= 15 is 0 Å². The Bertz CT molecular complexity index is 1210. The van der Waals surface area contributed by atoms with Crippen molar-refractivity contribution in [1.29, 1.82) is 0 Å². The lowest BCUT2D eigenvalue weighted by atomic mass is 10.1. The van der Waals surface area contributed by atoms with Crippen LogP contribution in [0.25, 0.3) is 10.9 Å². The number of ether oxygens (including phenoxy) is 1. The molecule has 1 aromatic heterocycles. The molecule has 3 rings (SSSR count). The van der Waals surface area contributed by atoms with Crippen LogP contribution in [-0.4, -0.2) is 44.6 Å². The number of hydrogen-bond donors (Lipinski definition) is 2. The zero-order chi connectivity index (χ0) is 25.2. The average Bonchev–Trinajstić information content (AvgIpc) is 3.11. The molecule has 0 spiro atoms. The fourth-order valence-electron chi connectivity index (χ4n) is 3.55. The minimum absolute atomic E-state index is 0.0147. The molecule has 3 aromatic rings. The van der Waals surface area contributed by atoms with Crippen LogP contribution in [0.1, 0.15) is 41.5 Å². The molecule has 0 saturated heterocycles. The van der Waals surface area contributed by atoms with Crippen molar-refractivity contribution in [2.24, 2.45) is 7.05 Å². The van der Waals surface area contributed by atoms with Gasteiger partial charge in [-0.2, -0.15) is 0 Å². The van der Waals surface area contributed by atoms with E-state index in [1.165, 1.54) is 23.6 Å². The molecular formula is C24H26F2N2O5S. The van der Waals surface area contributed by atoms with Gasteiger partial charge in [-0.05, 0) is 67.3 Å². The number of carbonyl (C=O) groups is 2. The van der Waals surface area contributed by atoms with Gasteiger partial charge >= 0.3 is 5.97 Å². The first-order valence-corrected chi connectivity index (χ1v) is 11.9. The number of hydrogen-bond acceptors (Lipinski definition) is 5. The van der Waals surface area contributed by atoms with E-state index < -0.39 is 47.3 Å². The smallest absolute Gasteiger partial charge is 0.357 e. The van der Waals surface area contributed by atoms with Gasteiger partial charge in [0.2, 0.25) is 5.75 Å². The number of aromatic nitrogens is 1. The van der Waals surface area contributed by atoms with E-state index in [0.717, 1.165) is 0 Å². The van der Waals surface area contributed by atoms with E-state index in [4.69, 9.17) is 4.74 Å². The van der Waals surface area contributed by atoms with Crippen molar-refractivity contribution in [3.8, 4) is 0 Å². The number of amides is 1. The van der Waals surface area contributed by atoms with Gasteiger partial charge in [-0.25, -0.2) is 13.6 Å². The SMILES string of the molecule is Cc1cc2c(cc(C(=O)NC(CO)c3ccc([S@@+]([O-])CC(=O)OC(C)C)cc3)n2C)c(F)c1F. The van der Waals surface area contributed by atoms with Gasteiger partial charge in [-0.1, -0.05) is 12.1 Å². The summed E-state index contributed by atoms with van der Waals surface area (Å²) >= 11 is -1.61. The Morgan fingerprint density at radius 2 is 1.82 bits per heavy atom. The monoisotopic (exact) mass is 492 g/mol. The number of aliphatic hydroxyl groups is 1. The number of nitrogens with zero attached hydrogens (tertiary/aromatic N) is 1. The lowest BCUT2D eigenvalue weighted by Gasteiger charge is -2.18. The third-order valence-corrected chi connectivity index (χ3v) is 6.59. The van der Waals surface area contributed by atoms with Crippen molar-refractivity contribution >= 4 is 34.0 Å². The van der Waals surface area contributed by atoms with Crippen LogP contribution in [-0.2, 0) is 27.8 Å². The number of esters is 1. The van der Waals surface area contributed by atoms with Gasteiger partial charge in [-0.3, -0.25) is 4.79 Å². The molecule has 182 valence electrons. The van der Waals surface area contributed by atoms with Crippen LogP contribution in [0.5, 0.6) is 0 Å².